The summed E-state index contributed by atoms with van der Waals surface area (Å²) in [5.41, 5.74) is 2.93. The van der Waals surface area contributed by atoms with Gasteiger partial charge in [-0.2, -0.15) is 0 Å². The fraction of sp³-hybridized carbons (Fsp3) is 0.294. The van der Waals surface area contributed by atoms with E-state index in [2.05, 4.69) is 15.6 Å². The molecule has 6 nitrogen and oxygen atoms in total. The number of pyridine rings is 1. The molecule has 2 atom stereocenters. The molecule has 0 aliphatic heterocycles. The number of carbonyl (C=O) groups is 1. The van der Waals surface area contributed by atoms with E-state index < -0.39 is 6.10 Å². The minimum absolute atomic E-state index is 0.318. The van der Waals surface area contributed by atoms with Crippen LogP contribution in [0.4, 0.5) is 4.79 Å². The van der Waals surface area contributed by atoms with Crippen molar-refractivity contribution in [2.75, 3.05) is 7.11 Å². The number of nitrogens with one attached hydrogen (secondary N) is 2. The molecule has 0 radical (unpaired) electrons. The Morgan fingerprint density at radius 2 is 2.22 bits per heavy atom. The highest BCUT2D eigenvalue weighted by molar-refractivity contribution is 5.74. The van der Waals surface area contributed by atoms with Crippen LogP contribution >= 0.6 is 0 Å². The number of aliphatic hydroxyl groups excluding tert-OH is 1. The molecule has 3 N–H and O–H groups in total. The molecule has 0 bridgehead atoms. The number of amides is 2. The van der Waals surface area contributed by atoms with Gasteiger partial charge in [-0.05, 0) is 22.8 Å². The van der Waals surface area contributed by atoms with E-state index in [1.54, 1.807) is 19.4 Å². The molecule has 1 aliphatic carbocycles. The Kier molecular flexibility index (Phi) is 4.43. The van der Waals surface area contributed by atoms with Crippen molar-refractivity contribution in [3.63, 3.8) is 0 Å². The second-order valence-corrected chi connectivity index (χ2v) is 5.48. The number of fused-ring (bicyclic) bond motifs is 1. The lowest BCUT2D eigenvalue weighted by atomic mass is 10.1. The molecule has 1 aromatic carbocycles. The van der Waals surface area contributed by atoms with E-state index in [0.717, 1.165) is 16.7 Å². The number of benzene rings is 1. The highest BCUT2D eigenvalue weighted by Crippen LogP contribution is 2.31. The summed E-state index contributed by atoms with van der Waals surface area (Å²) in [4.78, 5) is 16.1. The maximum absolute atomic E-state index is 12.1. The van der Waals surface area contributed by atoms with Crippen LogP contribution in [0.2, 0.25) is 0 Å². The minimum atomic E-state index is -0.598. The number of urea groups is 1. The van der Waals surface area contributed by atoms with Gasteiger partial charge in [0, 0.05) is 25.2 Å². The third kappa shape index (κ3) is 3.43. The number of nitrogens with zero attached hydrogens (tertiary/aromatic N) is 1. The molecule has 120 valence electrons. The van der Waals surface area contributed by atoms with Crippen LogP contribution in [0.25, 0.3) is 0 Å². The smallest absolute Gasteiger partial charge is 0.315 e. The predicted octanol–water partition coefficient (Wildman–Crippen LogP) is 1.55. The fourth-order valence-corrected chi connectivity index (χ4v) is 2.79. The lowest BCUT2D eigenvalue weighted by Crippen LogP contribution is -2.40. The summed E-state index contributed by atoms with van der Waals surface area (Å²) in [5.74, 6) is 0.504. The van der Waals surface area contributed by atoms with Crippen LogP contribution in [0.3, 0.4) is 0 Å². The van der Waals surface area contributed by atoms with Crippen LogP contribution < -0.4 is 15.4 Å². The van der Waals surface area contributed by atoms with Crippen molar-refractivity contribution in [3.05, 3.63) is 59.3 Å². The Hall–Kier alpha value is -2.60. The van der Waals surface area contributed by atoms with Gasteiger partial charge in [0.1, 0.15) is 0 Å². The first-order valence-corrected chi connectivity index (χ1v) is 7.46. The number of aliphatic hydroxyl groups is 1. The number of methoxy groups -OCH3 is 1. The van der Waals surface area contributed by atoms with Gasteiger partial charge in [-0.1, -0.05) is 24.3 Å². The Labute approximate surface area is 134 Å². The van der Waals surface area contributed by atoms with E-state index in [-0.39, 0.29) is 12.1 Å². The predicted molar refractivity (Wildman–Crippen MR) is 85.1 cm³/mol. The van der Waals surface area contributed by atoms with Crippen molar-refractivity contribution in [1.29, 1.82) is 0 Å². The summed E-state index contributed by atoms with van der Waals surface area (Å²) in [6, 6.07) is 10.6. The number of hydrogen-bond acceptors (Lipinski definition) is 4. The van der Waals surface area contributed by atoms with Gasteiger partial charge in [0.2, 0.25) is 5.88 Å². The zero-order chi connectivity index (χ0) is 16.2. The van der Waals surface area contributed by atoms with Crippen molar-refractivity contribution >= 4 is 6.03 Å². The highest BCUT2D eigenvalue weighted by atomic mass is 16.5. The van der Waals surface area contributed by atoms with Gasteiger partial charge in [-0.15, -0.1) is 0 Å². The van der Waals surface area contributed by atoms with Gasteiger partial charge in [0.25, 0.3) is 0 Å². The Balaban J connectivity index is 1.59. The minimum Gasteiger partial charge on any atom is -0.481 e. The molecule has 23 heavy (non-hydrogen) atoms. The molecule has 6 heteroatoms. The second-order valence-electron chi connectivity index (χ2n) is 5.48. The van der Waals surface area contributed by atoms with Gasteiger partial charge < -0.3 is 20.5 Å². The van der Waals surface area contributed by atoms with E-state index in [0.29, 0.717) is 18.8 Å². The van der Waals surface area contributed by atoms with Gasteiger partial charge in [0.15, 0.2) is 0 Å². The molecule has 2 aromatic rings. The van der Waals surface area contributed by atoms with Crippen LogP contribution in [-0.4, -0.2) is 29.3 Å². The van der Waals surface area contributed by atoms with Gasteiger partial charge in [0.05, 0.1) is 19.3 Å². The Bertz CT molecular complexity index is 705. The van der Waals surface area contributed by atoms with Crippen molar-refractivity contribution in [3.8, 4) is 5.88 Å². The molecule has 0 fully saturated rings. The summed E-state index contributed by atoms with van der Waals surface area (Å²) < 4.78 is 5.05. The van der Waals surface area contributed by atoms with Crippen molar-refractivity contribution in [1.82, 2.24) is 15.6 Å². The molecule has 3 rings (SSSR count). The number of carbonyl (C=O) groups excluding carboxylic acids is 1. The second kappa shape index (κ2) is 6.66. The maximum atomic E-state index is 12.1. The number of hydrogen-bond donors (Lipinski definition) is 3. The molecule has 0 saturated heterocycles. The Morgan fingerprint density at radius 3 is 3.04 bits per heavy atom. The molecular formula is C17H19N3O3. The van der Waals surface area contributed by atoms with E-state index in [9.17, 15) is 9.90 Å². The lowest BCUT2D eigenvalue weighted by Gasteiger charge is -2.18. The molecule has 0 spiro atoms. The first-order valence-electron chi connectivity index (χ1n) is 7.46. The van der Waals surface area contributed by atoms with E-state index in [4.69, 9.17) is 4.74 Å². The molecule has 2 amide bonds. The highest BCUT2D eigenvalue weighted by Gasteiger charge is 2.31. The van der Waals surface area contributed by atoms with Crippen LogP contribution in [0.15, 0.2) is 42.6 Å². The van der Waals surface area contributed by atoms with E-state index in [1.807, 2.05) is 30.3 Å². The van der Waals surface area contributed by atoms with Crippen LogP contribution in [-0.2, 0) is 13.0 Å². The van der Waals surface area contributed by atoms with Crippen molar-refractivity contribution in [2.45, 2.75) is 25.1 Å². The van der Waals surface area contributed by atoms with Gasteiger partial charge >= 0.3 is 6.03 Å². The average molecular weight is 313 g/mol. The van der Waals surface area contributed by atoms with Crippen molar-refractivity contribution in [2.24, 2.45) is 0 Å². The number of rotatable bonds is 4. The monoisotopic (exact) mass is 313 g/mol. The fourth-order valence-electron chi connectivity index (χ4n) is 2.79. The summed E-state index contributed by atoms with van der Waals surface area (Å²) in [6.07, 6.45) is 1.59. The topological polar surface area (TPSA) is 83.5 Å². The normalized spacial score (nSPS) is 19.0. The average Bonchev–Trinajstić information content (AvgIpc) is 2.89. The largest absolute Gasteiger partial charge is 0.481 e. The summed E-state index contributed by atoms with van der Waals surface area (Å²) >= 11 is 0. The number of aromatic nitrogens is 1. The maximum Gasteiger partial charge on any atom is 0.315 e. The third-order valence-electron chi connectivity index (χ3n) is 3.95. The first kappa shape index (κ1) is 15.3. The molecule has 2 unspecified atom stereocenters. The van der Waals surface area contributed by atoms with Crippen LogP contribution in [0.1, 0.15) is 22.7 Å². The summed E-state index contributed by atoms with van der Waals surface area (Å²) in [5, 5.41) is 15.8. The van der Waals surface area contributed by atoms with E-state index >= 15 is 0 Å². The number of ether oxygens (including phenoxy) is 1. The zero-order valence-corrected chi connectivity index (χ0v) is 12.8. The Morgan fingerprint density at radius 1 is 1.39 bits per heavy atom. The first-order chi connectivity index (χ1) is 11.2. The summed E-state index contributed by atoms with van der Waals surface area (Å²) in [6.45, 7) is 0.356. The molecule has 0 saturated carbocycles. The summed E-state index contributed by atoms with van der Waals surface area (Å²) in [7, 11) is 1.55. The van der Waals surface area contributed by atoms with Crippen molar-refractivity contribution < 1.29 is 14.6 Å². The molecule has 1 aliphatic rings. The quantitative estimate of drug-likeness (QED) is 0.799. The SMILES string of the molecule is COc1cc(CNC(=O)NC2c3ccccc3CC2O)ccn1. The van der Waals surface area contributed by atoms with Crippen LogP contribution in [0, 0.1) is 0 Å². The van der Waals surface area contributed by atoms with Crippen LogP contribution in [0.5, 0.6) is 5.88 Å². The molecule has 1 aromatic heterocycles. The molecule has 1 heterocycles. The van der Waals surface area contributed by atoms with Gasteiger partial charge in [-0.3, -0.25) is 0 Å². The standard InChI is InChI=1S/C17H19N3O3/c1-23-15-8-11(6-7-18-15)10-19-17(22)20-16-13-5-3-2-4-12(13)9-14(16)21/h2-8,14,16,21H,9-10H2,1H3,(H2,19,20,22). The zero-order valence-electron chi connectivity index (χ0n) is 12.8. The molecular weight excluding hydrogens is 294 g/mol. The third-order valence-corrected chi connectivity index (χ3v) is 3.95. The van der Waals surface area contributed by atoms with E-state index in [1.165, 1.54) is 0 Å². The lowest BCUT2D eigenvalue weighted by molar-refractivity contribution is 0.142. The van der Waals surface area contributed by atoms with Gasteiger partial charge in [-0.25, -0.2) is 9.78 Å².